The van der Waals surface area contributed by atoms with Crippen molar-refractivity contribution in [1.29, 1.82) is 0 Å². The van der Waals surface area contributed by atoms with E-state index < -0.39 is 0 Å². The van der Waals surface area contributed by atoms with Crippen molar-refractivity contribution in [2.75, 3.05) is 20.3 Å². The molecular weight excluding hydrogens is 416 g/mol. The lowest BCUT2D eigenvalue weighted by Crippen LogP contribution is -2.40. The van der Waals surface area contributed by atoms with E-state index in [9.17, 15) is 4.79 Å². The Hall–Kier alpha value is -1.96. The van der Waals surface area contributed by atoms with Crippen LogP contribution in [-0.2, 0) is 4.74 Å². The third-order valence-corrected chi connectivity index (χ3v) is 4.45. The van der Waals surface area contributed by atoms with Gasteiger partial charge in [-0.15, -0.1) is 0 Å². The lowest BCUT2D eigenvalue weighted by Gasteiger charge is -2.17. The normalized spacial score (nSPS) is 11.5. The van der Waals surface area contributed by atoms with E-state index in [0.29, 0.717) is 29.0 Å². The quantitative estimate of drug-likeness (QED) is 0.509. The van der Waals surface area contributed by atoms with Gasteiger partial charge < -0.3 is 14.8 Å². The lowest BCUT2D eigenvalue weighted by molar-refractivity contribution is 0.0976. The van der Waals surface area contributed by atoms with Crippen molar-refractivity contribution in [3.05, 3.63) is 64.1 Å². The summed E-state index contributed by atoms with van der Waals surface area (Å²) in [6.07, 6.45) is 0. The number of carbonyl (C=O) groups excluding carboxylic acids is 1. The lowest BCUT2D eigenvalue weighted by atomic mass is 10.1. The number of benzene rings is 2. The van der Waals surface area contributed by atoms with Gasteiger partial charge in [-0.3, -0.25) is 10.1 Å². The van der Waals surface area contributed by atoms with Crippen LogP contribution in [0.25, 0.3) is 0 Å². The van der Waals surface area contributed by atoms with E-state index in [4.69, 9.17) is 21.7 Å². The first-order chi connectivity index (χ1) is 12.5. The number of amides is 1. The van der Waals surface area contributed by atoms with Gasteiger partial charge in [0.25, 0.3) is 5.91 Å². The van der Waals surface area contributed by atoms with Gasteiger partial charge in [-0.05, 0) is 58.8 Å². The SMILES string of the molecule is COCCOc1ccc(C(=O)NC(=S)NC(C)c2ccccc2)cc1Br. The van der Waals surface area contributed by atoms with Gasteiger partial charge in [0.15, 0.2) is 5.11 Å². The summed E-state index contributed by atoms with van der Waals surface area (Å²) in [5.74, 6) is 0.365. The van der Waals surface area contributed by atoms with Crippen molar-refractivity contribution in [3.63, 3.8) is 0 Å². The minimum absolute atomic E-state index is 0.00713. The average Bonchev–Trinajstić information content (AvgIpc) is 2.63. The highest BCUT2D eigenvalue weighted by Gasteiger charge is 2.13. The second kappa shape index (κ2) is 10.3. The molecule has 2 rings (SSSR count). The van der Waals surface area contributed by atoms with Crippen LogP contribution in [0, 0.1) is 0 Å². The van der Waals surface area contributed by atoms with Crippen molar-refractivity contribution in [1.82, 2.24) is 10.6 Å². The second-order valence-electron chi connectivity index (χ2n) is 5.55. The maximum Gasteiger partial charge on any atom is 0.257 e. The molecule has 5 nitrogen and oxygen atoms in total. The van der Waals surface area contributed by atoms with Crippen LogP contribution in [0.2, 0.25) is 0 Å². The van der Waals surface area contributed by atoms with Gasteiger partial charge in [0.1, 0.15) is 12.4 Å². The van der Waals surface area contributed by atoms with Crippen LogP contribution in [0.3, 0.4) is 0 Å². The van der Waals surface area contributed by atoms with Crippen molar-refractivity contribution in [2.24, 2.45) is 0 Å². The zero-order valence-corrected chi connectivity index (χ0v) is 17.0. The third-order valence-electron chi connectivity index (χ3n) is 3.61. The van der Waals surface area contributed by atoms with Gasteiger partial charge >= 0.3 is 0 Å². The Bertz CT molecular complexity index is 756. The summed E-state index contributed by atoms with van der Waals surface area (Å²) >= 11 is 8.65. The Kier molecular flexibility index (Phi) is 8.03. The summed E-state index contributed by atoms with van der Waals surface area (Å²) in [4.78, 5) is 12.4. The summed E-state index contributed by atoms with van der Waals surface area (Å²) in [5.41, 5.74) is 1.57. The van der Waals surface area contributed by atoms with Crippen LogP contribution in [-0.4, -0.2) is 31.3 Å². The van der Waals surface area contributed by atoms with Crippen LogP contribution < -0.4 is 15.4 Å². The number of ether oxygens (including phenoxy) is 2. The Balaban J connectivity index is 1.92. The fourth-order valence-electron chi connectivity index (χ4n) is 2.23. The van der Waals surface area contributed by atoms with Crippen molar-refractivity contribution >= 4 is 39.2 Å². The molecule has 0 aliphatic rings. The van der Waals surface area contributed by atoms with Gasteiger partial charge in [-0.25, -0.2) is 0 Å². The zero-order valence-electron chi connectivity index (χ0n) is 14.6. The van der Waals surface area contributed by atoms with E-state index in [-0.39, 0.29) is 17.1 Å². The number of nitrogens with one attached hydrogen (secondary N) is 2. The average molecular weight is 437 g/mol. The maximum absolute atomic E-state index is 12.4. The highest BCUT2D eigenvalue weighted by molar-refractivity contribution is 9.10. The largest absolute Gasteiger partial charge is 0.490 e. The molecule has 1 amide bonds. The highest BCUT2D eigenvalue weighted by Crippen LogP contribution is 2.26. The Labute approximate surface area is 167 Å². The minimum atomic E-state index is -0.285. The fourth-order valence-corrected chi connectivity index (χ4v) is 2.99. The van der Waals surface area contributed by atoms with E-state index in [1.54, 1.807) is 25.3 Å². The minimum Gasteiger partial charge on any atom is -0.490 e. The molecule has 7 heteroatoms. The molecule has 2 aromatic carbocycles. The summed E-state index contributed by atoms with van der Waals surface area (Å²) in [6.45, 7) is 2.91. The molecule has 0 aliphatic heterocycles. The predicted octanol–water partition coefficient (Wildman–Crippen LogP) is 3.84. The molecule has 0 bridgehead atoms. The molecule has 1 unspecified atom stereocenters. The van der Waals surface area contributed by atoms with E-state index >= 15 is 0 Å². The maximum atomic E-state index is 12.4. The van der Waals surface area contributed by atoms with E-state index in [1.807, 2.05) is 37.3 Å². The molecule has 0 heterocycles. The van der Waals surface area contributed by atoms with Gasteiger partial charge in [0, 0.05) is 12.7 Å². The molecule has 0 radical (unpaired) electrons. The number of halogens is 1. The van der Waals surface area contributed by atoms with Crippen LogP contribution in [0.1, 0.15) is 28.9 Å². The molecule has 0 aliphatic carbocycles. The van der Waals surface area contributed by atoms with Gasteiger partial charge in [0.2, 0.25) is 0 Å². The topological polar surface area (TPSA) is 59.6 Å². The predicted molar refractivity (Wildman–Crippen MR) is 110 cm³/mol. The Morgan fingerprint density at radius 2 is 1.92 bits per heavy atom. The van der Waals surface area contributed by atoms with Crippen molar-refractivity contribution in [2.45, 2.75) is 13.0 Å². The summed E-state index contributed by atoms with van der Waals surface area (Å²) in [5, 5.41) is 6.08. The molecule has 138 valence electrons. The summed E-state index contributed by atoms with van der Waals surface area (Å²) in [7, 11) is 1.61. The molecule has 0 fully saturated rings. The second-order valence-corrected chi connectivity index (χ2v) is 6.81. The molecule has 26 heavy (non-hydrogen) atoms. The number of carbonyl (C=O) groups is 1. The number of thiocarbonyl (C=S) groups is 1. The van der Waals surface area contributed by atoms with Gasteiger partial charge in [0.05, 0.1) is 17.1 Å². The number of rotatable bonds is 7. The molecule has 2 N–H and O–H groups in total. The first-order valence-electron chi connectivity index (χ1n) is 8.09. The third kappa shape index (κ3) is 6.09. The molecular formula is C19H21BrN2O3S. The van der Waals surface area contributed by atoms with E-state index in [0.717, 1.165) is 5.56 Å². The summed E-state index contributed by atoms with van der Waals surface area (Å²) in [6, 6.07) is 15.0. The fraction of sp³-hybridized carbons (Fsp3) is 0.263. The standard InChI is InChI=1S/C19H21BrN2O3S/c1-13(14-6-4-3-5-7-14)21-19(26)22-18(23)15-8-9-17(16(20)12-15)25-11-10-24-2/h3-9,12-13H,10-11H2,1-2H3,(H2,21,22,23,26). The molecule has 1 atom stereocenters. The van der Waals surface area contributed by atoms with Crippen LogP contribution in [0.15, 0.2) is 53.0 Å². The van der Waals surface area contributed by atoms with Crippen LogP contribution >= 0.6 is 28.1 Å². The monoisotopic (exact) mass is 436 g/mol. The number of methoxy groups -OCH3 is 1. The van der Waals surface area contributed by atoms with Crippen molar-refractivity contribution < 1.29 is 14.3 Å². The van der Waals surface area contributed by atoms with E-state index in [1.165, 1.54) is 0 Å². The smallest absolute Gasteiger partial charge is 0.257 e. The first-order valence-corrected chi connectivity index (χ1v) is 9.29. The molecule has 0 spiro atoms. The van der Waals surface area contributed by atoms with E-state index in [2.05, 4.69) is 26.6 Å². The number of hydrogen-bond acceptors (Lipinski definition) is 4. The molecule has 0 aromatic heterocycles. The Morgan fingerprint density at radius 1 is 1.19 bits per heavy atom. The molecule has 0 saturated heterocycles. The molecule has 2 aromatic rings. The van der Waals surface area contributed by atoms with Crippen molar-refractivity contribution in [3.8, 4) is 5.75 Å². The zero-order chi connectivity index (χ0) is 18.9. The van der Waals surface area contributed by atoms with Gasteiger partial charge in [-0.2, -0.15) is 0 Å². The number of hydrogen-bond donors (Lipinski definition) is 2. The summed E-state index contributed by atoms with van der Waals surface area (Å²) < 4.78 is 11.2. The first kappa shape index (κ1) is 20.4. The Morgan fingerprint density at radius 3 is 2.58 bits per heavy atom. The van der Waals surface area contributed by atoms with Gasteiger partial charge in [-0.1, -0.05) is 30.3 Å². The van der Waals surface area contributed by atoms with Crippen LogP contribution in [0.4, 0.5) is 0 Å². The highest BCUT2D eigenvalue weighted by atomic mass is 79.9. The van der Waals surface area contributed by atoms with Crippen LogP contribution in [0.5, 0.6) is 5.75 Å². The molecule has 0 saturated carbocycles.